The molecule has 3 heterocycles. The van der Waals surface area contributed by atoms with Gasteiger partial charge in [0, 0.05) is 0 Å². The predicted octanol–water partition coefficient (Wildman–Crippen LogP) is -1.42. The summed E-state index contributed by atoms with van der Waals surface area (Å²) in [6.07, 6.45) is -1.70. The Bertz CT molecular complexity index is 832. The van der Waals surface area contributed by atoms with E-state index in [9.17, 15) is 9.36 Å². The monoisotopic (exact) mass is 507 g/mol. The Balaban J connectivity index is 0.00000117. The molecule has 1 aromatic heterocycles. The zero-order valence-corrected chi connectivity index (χ0v) is 17.1. The summed E-state index contributed by atoms with van der Waals surface area (Å²) in [5.41, 5.74) is 5.15. The summed E-state index contributed by atoms with van der Waals surface area (Å²) < 4.78 is 29.2. The number of ether oxygens (including phenoxy) is 1. The van der Waals surface area contributed by atoms with E-state index in [0.717, 1.165) is 0 Å². The molecule has 0 amide bonds. The Morgan fingerprint density at radius 2 is 1.96 bits per heavy atom. The van der Waals surface area contributed by atoms with E-state index in [1.807, 2.05) is 0 Å². The number of phosphoric ester groups is 1. The third-order valence-electron chi connectivity index (χ3n) is 3.34. The molecule has 0 aromatic carbocycles. The second-order valence-electron chi connectivity index (χ2n) is 5.00. The predicted molar refractivity (Wildman–Crippen MR) is 89.4 cm³/mol. The normalized spacial score (nSPS) is 24.3. The first kappa shape index (κ1) is 21.3. The first-order valence-electron chi connectivity index (χ1n) is 6.69. The summed E-state index contributed by atoms with van der Waals surface area (Å²) >= 11 is 11.1. The van der Waals surface area contributed by atoms with Gasteiger partial charge in [0.05, 0.1) is 18.8 Å². The van der Waals surface area contributed by atoms with Crippen LogP contribution in [0.15, 0.2) is 14.6 Å². The molecule has 2 aliphatic rings. The van der Waals surface area contributed by atoms with Crippen LogP contribution in [0.1, 0.15) is 0 Å². The minimum atomic E-state index is -4.67. The molecule has 0 unspecified atom stereocenters. The fourth-order valence-electron chi connectivity index (χ4n) is 2.32. The van der Waals surface area contributed by atoms with E-state index in [2.05, 4.69) is 25.1 Å². The van der Waals surface area contributed by atoms with Crippen LogP contribution in [-0.4, -0.2) is 44.7 Å². The number of H-pyrrole nitrogens is 1. The summed E-state index contributed by atoms with van der Waals surface area (Å²) in [4.78, 5) is 36.3. The fraction of sp³-hybridized carbons (Fsp3) is 0.400. The van der Waals surface area contributed by atoms with Crippen molar-refractivity contribution >= 4 is 50.5 Å². The van der Waals surface area contributed by atoms with Gasteiger partial charge in [-0.25, -0.2) is 4.57 Å². The fourth-order valence-corrected chi connectivity index (χ4v) is 3.22. The molecule has 3 rings (SSSR count). The van der Waals surface area contributed by atoms with Crippen LogP contribution in [0, 0.1) is 0 Å². The molecule has 0 bridgehead atoms. The van der Waals surface area contributed by atoms with Crippen LogP contribution < -0.4 is 21.9 Å². The van der Waals surface area contributed by atoms with Crippen LogP contribution in [0.3, 0.4) is 0 Å². The number of fused-ring (bicyclic) bond motifs is 2. The van der Waals surface area contributed by atoms with E-state index >= 15 is 0 Å². The maximum absolute atomic E-state index is 11.9. The van der Waals surface area contributed by atoms with Gasteiger partial charge >= 0.3 is 31.0 Å². The van der Waals surface area contributed by atoms with Gasteiger partial charge in [-0.2, -0.15) is 14.8 Å². The number of nitrogen functional groups attached to an aromatic ring is 1. The average Bonchev–Trinajstić information content (AvgIpc) is 2.56. The number of hydrogen-bond acceptors (Lipinski definition) is 11. The van der Waals surface area contributed by atoms with E-state index in [0.29, 0.717) is 19.8 Å². The third-order valence-corrected chi connectivity index (χ3v) is 4.91. The van der Waals surface area contributed by atoms with Crippen LogP contribution >= 0.6 is 7.82 Å². The molecular weight excluding hydrogens is 493 g/mol. The minimum absolute atomic E-state index is 0.0817. The quantitative estimate of drug-likeness (QED) is 0.160. The summed E-state index contributed by atoms with van der Waals surface area (Å²) in [6.45, 7) is -0.466. The number of nitrogens with two attached hydrogens (primary N) is 1. The van der Waals surface area contributed by atoms with Gasteiger partial charge in [-0.15, -0.1) is 0 Å². The van der Waals surface area contributed by atoms with E-state index in [-0.39, 0.29) is 27.3 Å². The van der Waals surface area contributed by atoms with Gasteiger partial charge in [0.1, 0.15) is 5.69 Å². The Morgan fingerprint density at radius 3 is 2.58 bits per heavy atom. The second kappa shape index (κ2) is 8.36. The molecule has 16 heteroatoms. The van der Waals surface area contributed by atoms with Gasteiger partial charge in [0.15, 0.2) is 12.0 Å². The summed E-state index contributed by atoms with van der Waals surface area (Å²) in [5.74, 6) is 0.0876. The first-order chi connectivity index (χ1) is 12.2. The van der Waals surface area contributed by atoms with Crippen molar-refractivity contribution in [2.24, 2.45) is 0 Å². The van der Waals surface area contributed by atoms with Crippen molar-refractivity contribution in [1.29, 1.82) is 0 Å². The Hall–Kier alpha value is -0.982. The molecule has 2 aliphatic heterocycles. The van der Waals surface area contributed by atoms with E-state index < -0.39 is 38.4 Å². The van der Waals surface area contributed by atoms with Crippen molar-refractivity contribution in [3.8, 4) is 0 Å². The van der Waals surface area contributed by atoms with Crippen molar-refractivity contribution in [3.63, 3.8) is 0 Å². The number of phosphoric acid groups is 1. The average molecular weight is 505 g/mol. The molecule has 7 N–H and O–H groups in total. The van der Waals surface area contributed by atoms with Gasteiger partial charge in [0.2, 0.25) is 5.95 Å². The number of aromatic nitrogens is 2. The Kier molecular flexibility index (Phi) is 6.85. The number of nitrogens with zero attached hydrogens (tertiary/aromatic N) is 1. The van der Waals surface area contributed by atoms with Crippen molar-refractivity contribution in [1.82, 2.24) is 9.97 Å². The number of aromatic amines is 1. The van der Waals surface area contributed by atoms with Crippen LogP contribution in [0.25, 0.3) is 0 Å². The molecule has 26 heavy (non-hydrogen) atoms. The number of hydrogen-bond donors (Lipinski definition) is 6. The van der Waals surface area contributed by atoms with Crippen molar-refractivity contribution < 1.29 is 46.8 Å². The van der Waals surface area contributed by atoms with Crippen LogP contribution in [0.5, 0.6) is 0 Å². The van der Waals surface area contributed by atoms with Gasteiger partial charge in [-0.1, -0.05) is 0 Å². The molecule has 0 aliphatic carbocycles. The number of rotatable bonds is 3. The van der Waals surface area contributed by atoms with Crippen molar-refractivity contribution in [2.75, 3.05) is 23.0 Å². The standard InChI is InChI=1S/C10H14N5O6PS2.Mo.O/c11-10-14-7-4(8(16)15-10)12-3-6(24)5(23)2(21-9(3)13-7)1-20-22(17,18)19;;/h2-3,9,12,23-24H,1H2,(H2,17,18,19)(H4,11,13,14,15,16);;/p-2/t2-,3+,9-;;/m1../s1. The summed E-state index contributed by atoms with van der Waals surface area (Å²) in [6, 6.07) is -0.627. The van der Waals surface area contributed by atoms with Gasteiger partial charge < -0.3 is 56.1 Å². The Labute approximate surface area is 168 Å². The number of anilines is 3. The molecule has 12 nitrogen and oxygen atoms in total. The third kappa shape index (κ3) is 4.64. The summed E-state index contributed by atoms with van der Waals surface area (Å²) in [7, 11) is -4.67. The van der Waals surface area contributed by atoms with E-state index in [4.69, 9.17) is 48.9 Å². The zero-order chi connectivity index (χ0) is 19.6. The van der Waals surface area contributed by atoms with Gasteiger partial charge in [-0.05, 0) is 0 Å². The molecule has 1 aromatic rings. The molecule has 0 spiro atoms. The molecule has 144 valence electrons. The molecule has 0 fully saturated rings. The van der Waals surface area contributed by atoms with Crippen LogP contribution in [0.2, 0.25) is 0 Å². The molecule has 0 radical (unpaired) electrons. The zero-order valence-electron chi connectivity index (χ0n) is 12.6. The van der Waals surface area contributed by atoms with Crippen LogP contribution in [-0.2, 0) is 62.3 Å². The molecular formula is C10H12MoN5O7PS2-2. The maximum atomic E-state index is 11.9. The topological polar surface area (TPSA) is 189 Å². The molecule has 0 saturated heterocycles. The SMILES string of the molecule is Nc1nc2c(c(=O)[nH]1)N[C@H]1C([S-])=C([S-])[C@@H](COP(=O)(O)O)O[C@H]1N2.[O]=[Mo]. The van der Waals surface area contributed by atoms with Gasteiger partial charge in [0.25, 0.3) is 5.56 Å². The van der Waals surface area contributed by atoms with Crippen molar-refractivity contribution in [3.05, 3.63) is 20.2 Å². The molecule has 3 atom stereocenters. The van der Waals surface area contributed by atoms with Crippen molar-refractivity contribution in [2.45, 2.75) is 18.4 Å². The van der Waals surface area contributed by atoms with E-state index in [1.165, 1.54) is 0 Å². The summed E-state index contributed by atoms with van der Waals surface area (Å²) in [5, 5.41) is 5.76. The molecule has 0 saturated carbocycles. The van der Waals surface area contributed by atoms with Crippen LogP contribution in [0.4, 0.5) is 17.5 Å². The Morgan fingerprint density at radius 1 is 1.31 bits per heavy atom. The number of nitrogens with one attached hydrogen (secondary N) is 3. The second-order valence-corrected chi connectivity index (χ2v) is 7.12. The van der Waals surface area contributed by atoms with E-state index in [1.54, 1.807) is 0 Å². The van der Waals surface area contributed by atoms with Gasteiger partial charge in [-0.3, -0.25) is 14.3 Å². The first-order valence-corrected chi connectivity index (χ1v) is 9.85.